The molecule has 2 N–H and O–H groups in total. The van der Waals surface area contributed by atoms with Crippen molar-refractivity contribution in [3.05, 3.63) is 0 Å². The SMILES string of the molecule is CN(CC(C)(C)CCN)C1CCS(=O)(=O)C1. The number of nitrogens with zero attached hydrogens (tertiary/aromatic N) is 1. The second-order valence-corrected chi connectivity index (χ2v) is 7.90. The number of hydrogen-bond acceptors (Lipinski definition) is 4. The van der Waals surface area contributed by atoms with E-state index in [2.05, 4.69) is 18.7 Å². The first-order valence-corrected chi connectivity index (χ1v) is 7.69. The van der Waals surface area contributed by atoms with Gasteiger partial charge in [-0.15, -0.1) is 0 Å². The van der Waals surface area contributed by atoms with Gasteiger partial charge in [0.25, 0.3) is 0 Å². The first kappa shape index (κ1) is 13.9. The van der Waals surface area contributed by atoms with Gasteiger partial charge < -0.3 is 10.6 Å². The van der Waals surface area contributed by atoms with Crippen LogP contribution in [0.3, 0.4) is 0 Å². The van der Waals surface area contributed by atoms with Gasteiger partial charge in [-0.05, 0) is 31.8 Å². The summed E-state index contributed by atoms with van der Waals surface area (Å²) in [6.45, 7) is 5.95. The second-order valence-electron chi connectivity index (χ2n) is 5.67. The Morgan fingerprint density at radius 3 is 2.50 bits per heavy atom. The molecule has 1 aliphatic rings. The molecule has 16 heavy (non-hydrogen) atoms. The zero-order valence-corrected chi connectivity index (χ0v) is 11.4. The van der Waals surface area contributed by atoms with Gasteiger partial charge in [-0.3, -0.25) is 0 Å². The summed E-state index contributed by atoms with van der Waals surface area (Å²) in [4.78, 5) is 2.18. The van der Waals surface area contributed by atoms with E-state index in [0.29, 0.717) is 18.1 Å². The minimum atomic E-state index is -2.77. The third-order valence-electron chi connectivity index (χ3n) is 3.33. The Morgan fingerprint density at radius 1 is 1.44 bits per heavy atom. The third kappa shape index (κ3) is 4.03. The van der Waals surface area contributed by atoms with E-state index in [1.165, 1.54) is 0 Å². The average molecular weight is 248 g/mol. The van der Waals surface area contributed by atoms with E-state index in [9.17, 15) is 8.42 Å². The van der Waals surface area contributed by atoms with Crippen LogP contribution in [-0.2, 0) is 9.84 Å². The average Bonchev–Trinajstić information content (AvgIpc) is 2.45. The number of hydrogen-bond donors (Lipinski definition) is 1. The largest absolute Gasteiger partial charge is 0.330 e. The Balaban J connectivity index is 2.50. The zero-order chi connectivity index (χ0) is 12.4. The van der Waals surface area contributed by atoms with E-state index in [1.54, 1.807) is 0 Å². The van der Waals surface area contributed by atoms with Crippen molar-refractivity contribution in [2.75, 3.05) is 31.6 Å². The molecule has 0 aromatic heterocycles. The van der Waals surface area contributed by atoms with Gasteiger partial charge in [0, 0.05) is 12.6 Å². The summed E-state index contributed by atoms with van der Waals surface area (Å²) in [6.07, 6.45) is 1.74. The number of sulfone groups is 1. The molecule has 0 saturated carbocycles. The third-order valence-corrected chi connectivity index (χ3v) is 5.08. The molecular formula is C11H24N2O2S. The molecular weight excluding hydrogens is 224 g/mol. The summed E-state index contributed by atoms with van der Waals surface area (Å²) in [6, 6.07) is 0.196. The highest BCUT2D eigenvalue weighted by Gasteiger charge is 2.32. The van der Waals surface area contributed by atoms with Crippen molar-refractivity contribution in [1.82, 2.24) is 4.90 Å². The monoisotopic (exact) mass is 248 g/mol. The van der Waals surface area contributed by atoms with Crippen LogP contribution >= 0.6 is 0 Å². The maximum Gasteiger partial charge on any atom is 0.151 e. The fraction of sp³-hybridized carbons (Fsp3) is 1.00. The highest BCUT2D eigenvalue weighted by Crippen LogP contribution is 2.24. The maximum absolute atomic E-state index is 11.4. The molecule has 0 aromatic rings. The fourth-order valence-electron chi connectivity index (χ4n) is 2.40. The molecule has 4 nitrogen and oxygen atoms in total. The van der Waals surface area contributed by atoms with Crippen molar-refractivity contribution in [3.8, 4) is 0 Å². The first-order chi connectivity index (χ1) is 7.26. The minimum absolute atomic E-state index is 0.163. The molecule has 0 amide bonds. The van der Waals surface area contributed by atoms with E-state index < -0.39 is 9.84 Å². The van der Waals surface area contributed by atoms with E-state index in [1.807, 2.05) is 7.05 Å². The van der Waals surface area contributed by atoms with Gasteiger partial charge in [-0.2, -0.15) is 0 Å². The molecule has 1 unspecified atom stereocenters. The summed E-state index contributed by atoms with van der Waals surface area (Å²) < 4.78 is 22.8. The smallest absolute Gasteiger partial charge is 0.151 e. The van der Waals surface area contributed by atoms with Crippen LogP contribution in [0.15, 0.2) is 0 Å². The quantitative estimate of drug-likeness (QED) is 0.768. The van der Waals surface area contributed by atoms with Crippen molar-refractivity contribution < 1.29 is 8.42 Å². The summed E-state index contributed by atoms with van der Waals surface area (Å²) in [5.74, 6) is 0.668. The summed E-state index contributed by atoms with van der Waals surface area (Å²) in [5.41, 5.74) is 5.74. The molecule has 1 rings (SSSR count). The number of nitrogens with two attached hydrogens (primary N) is 1. The Labute approximate surface area is 99.1 Å². The molecule has 0 spiro atoms. The molecule has 0 aliphatic carbocycles. The summed E-state index contributed by atoms with van der Waals surface area (Å²) in [7, 11) is -0.757. The molecule has 1 saturated heterocycles. The van der Waals surface area contributed by atoms with E-state index in [4.69, 9.17) is 5.73 Å². The van der Waals surface area contributed by atoms with Crippen molar-refractivity contribution in [1.29, 1.82) is 0 Å². The van der Waals surface area contributed by atoms with Crippen molar-refractivity contribution in [3.63, 3.8) is 0 Å². The number of rotatable bonds is 5. The molecule has 5 heteroatoms. The Hall–Kier alpha value is -0.130. The molecule has 1 atom stereocenters. The van der Waals surface area contributed by atoms with Crippen LogP contribution in [0, 0.1) is 5.41 Å². The molecule has 1 aliphatic heterocycles. The lowest BCUT2D eigenvalue weighted by Gasteiger charge is -2.33. The second kappa shape index (κ2) is 5.02. The van der Waals surface area contributed by atoms with Crippen molar-refractivity contribution in [2.24, 2.45) is 11.1 Å². The fourth-order valence-corrected chi connectivity index (χ4v) is 4.20. The Kier molecular flexibility index (Phi) is 4.37. The van der Waals surface area contributed by atoms with Gasteiger partial charge in [0.2, 0.25) is 0 Å². The van der Waals surface area contributed by atoms with Gasteiger partial charge in [-0.1, -0.05) is 13.8 Å². The molecule has 0 bridgehead atoms. The summed E-state index contributed by atoms with van der Waals surface area (Å²) >= 11 is 0. The van der Waals surface area contributed by atoms with Gasteiger partial charge in [-0.25, -0.2) is 8.42 Å². The van der Waals surface area contributed by atoms with Crippen LogP contribution in [0.4, 0.5) is 0 Å². The van der Waals surface area contributed by atoms with Crippen molar-refractivity contribution >= 4 is 9.84 Å². The predicted octanol–water partition coefficient (Wildman–Crippen LogP) is 0.480. The van der Waals surface area contributed by atoms with E-state index >= 15 is 0 Å². The maximum atomic E-state index is 11.4. The zero-order valence-electron chi connectivity index (χ0n) is 10.6. The van der Waals surface area contributed by atoms with Crippen LogP contribution in [0.5, 0.6) is 0 Å². The first-order valence-electron chi connectivity index (χ1n) is 5.86. The summed E-state index contributed by atoms with van der Waals surface area (Å²) in [5, 5.41) is 0. The Morgan fingerprint density at radius 2 is 2.06 bits per heavy atom. The van der Waals surface area contributed by atoms with Gasteiger partial charge in [0.1, 0.15) is 0 Å². The molecule has 1 heterocycles. The van der Waals surface area contributed by atoms with Crippen LogP contribution in [-0.4, -0.2) is 51.0 Å². The van der Waals surface area contributed by atoms with Gasteiger partial charge in [0.15, 0.2) is 9.84 Å². The topological polar surface area (TPSA) is 63.4 Å². The lowest BCUT2D eigenvalue weighted by atomic mass is 9.88. The molecule has 1 fully saturated rings. The molecule has 0 aromatic carbocycles. The van der Waals surface area contributed by atoms with Crippen LogP contribution in [0.2, 0.25) is 0 Å². The van der Waals surface area contributed by atoms with Gasteiger partial charge >= 0.3 is 0 Å². The molecule has 96 valence electrons. The van der Waals surface area contributed by atoms with Crippen LogP contribution in [0.25, 0.3) is 0 Å². The Bertz CT molecular complexity index is 325. The van der Waals surface area contributed by atoms with Crippen LogP contribution in [0.1, 0.15) is 26.7 Å². The lowest BCUT2D eigenvalue weighted by molar-refractivity contribution is 0.164. The van der Waals surface area contributed by atoms with Crippen molar-refractivity contribution in [2.45, 2.75) is 32.7 Å². The normalized spacial score (nSPS) is 25.2. The van der Waals surface area contributed by atoms with E-state index in [-0.39, 0.29) is 11.5 Å². The van der Waals surface area contributed by atoms with E-state index in [0.717, 1.165) is 19.4 Å². The van der Waals surface area contributed by atoms with Gasteiger partial charge in [0.05, 0.1) is 11.5 Å². The lowest BCUT2D eigenvalue weighted by Crippen LogP contribution is -2.40. The predicted molar refractivity (Wildman–Crippen MR) is 67.1 cm³/mol. The molecule has 0 radical (unpaired) electrons. The highest BCUT2D eigenvalue weighted by atomic mass is 32.2. The standard InChI is InChI=1S/C11H24N2O2S/c1-11(2,5-6-12)9-13(3)10-4-7-16(14,15)8-10/h10H,4-9,12H2,1-3H3. The van der Waals surface area contributed by atoms with Crippen LogP contribution < -0.4 is 5.73 Å². The highest BCUT2D eigenvalue weighted by molar-refractivity contribution is 7.91. The minimum Gasteiger partial charge on any atom is -0.330 e.